The van der Waals surface area contributed by atoms with E-state index in [1.807, 2.05) is 36.4 Å². The van der Waals surface area contributed by atoms with Crippen LogP contribution in [0.1, 0.15) is 9.67 Å². The third kappa shape index (κ3) is 4.68. The number of fused-ring (bicyclic) bond motifs is 1. The van der Waals surface area contributed by atoms with Crippen LogP contribution in [0.2, 0.25) is 0 Å². The van der Waals surface area contributed by atoms with Gasteiger partial charge in [-0.05, 0) is 46.3 Å². The van der Waals surface area contributed by atoms with E-state index in [0.29, 0.717) is 26.8 Å². The van der Waals surface area contributed by atoms with Crippen molar-refractivity contribution < 1.29 is 14.7 Å². The highest BCUT2D eigenvalue weighted by Crippen LogP contribution is 2.38. The first-order valence-corrected chi connectivity index (χ1v) is 12.2. The van der Waals surface area contributed by atoms with Crippen LogP contribution in [0.3, 0.4) is 0 Å². The zero-order chi connectivity index (χ0) is 23.5. The molecule has 5 rings (SSSR count). The van der Waals surface area contributed by atoms with Crippen molar-refractivity contribution in [1.29, 1.82) is 0 Å². The SMILES string of the molecule is O=C(NO)c1sc2ccccc2c1Nc1nc(Nc2ccc(N3CCOCC3)cc2)ncc1Br. The van der Waals surface area contributed by atoms with Gasteiger partial charge in [0.1, 0.15) is 10.7 Å². The Labute approximate surface area is 207 Å². The number of rotatable bonds is 6. The Balaban J connectivity index is 1.39. The molecule has 0 spiro atoms. The number of morpholine rings is 1. The van der Waals surface area contributed by atoms with Gasteiger partial charge in [-0.1, -0.05) is 18.2 Å². The number of ether oxygens (including phenoxy) is 1. The zero-order valence-corrected chi connectivity index (χ0v) is 20.3. The Kier molecular flexibility index (Phi) is 6.59. The van der Waals surface area contributed by atoms with Gasteiger partial charge in [0.25, 0.3) is 5.91 Å². The molecule has 1 aliphatic rings. The van der Waals surface area contributed by atoms with Gasteiger partial charge in [0, 0.05) is 40.7 Å². The third-order valence-corrected chi connectivity index (χ3v) is 7.14. The molecule has 9 nitrogen and oxygen atoms in total. The van der Waals surface area contributed by atoms with E-state index in [1.165, 1.54) is 11.3 Å². The van der Waals surface area contributed by atoms with Gasteiger partial charge >= 0.3 is 0 Å². The highest BCUT2D eigenvalue weighted by atomic mass is 79.9. The molecule has 0 bridgehead atoms. The number of carbonyl (C=O) groups excluding carboxylic acids is 1. The number of halogens is 1. The maximum Gasteiger partial charge on any atom is 0.286 e. The molecular weight excluding hydrogens is 520 g/mol. The molecule has 0 unspecified atom stereocenters. The standard InChI is InChI=1S/C23H21BrN6O3S/c24-17-13-25-23(26-14-5-7-15(8-6-14)30-9-11-33-12-10-30)28-21(17)27-19-16-3-1-2-4-18(16)34-20(19)22(31)29-32/h1-8,13,32H,9-12H2,(H,29,31)(H2,25,26,27,28). The molecule has 0 saturated carbocycles. The fourth-order valence-corrected chi connectivity index (χ4v) is 5.06. The van der Waals surface area contributed by atoms with Crippen LogP contribution in [0.4, 0.5) is 28.8 Å². The average Bonchev–Trinajstić information content (AvgIpc) is 3.25. The van der Waals surface area contributed by atoms with Gasteiger partial charge < -0.3 is 20.3 Å². The Morgan fingerprint density at radius 3 is 2.62 bits per heavy atom. The molecule has 3 heterocycles. The predicted molar refractivity (Wildman–Crippen MR) is 137 cm³/mol. The Morgan fingerprint density at radius 1 is 1.09 bits per heavy atom. The van der Waals surface area contributed by atoms with Crippen LogP contribution in [-0.4, -0.2) is 47.4 Å². The summed E-state index contributed by atoms with van der Waals surface area (Å²) in [4.78, 5) is 23.9. The third-order valence-electron chi connectivity index (χ3n) is 5.39. The van der Waals surface area contributed by atoms with Crippen molar-refractivity contribution >= 4 is 72.1 Å². The second kappa shape index (κ2) is 9.94. The molecule has 34 heavy (non-hydrogen) atoms. The maximum atomic E-state index is 12.3. The van der Waals surface area contributed by atoms with Crippen LogP contribution in [-0.2, 0) is 4.74 Å². The normalized spacial score (nSPS) is 13.6. The molecule has 11 heteroatoms. The molecule has 0 atom stereocenters. The summed E-state index contributed by atoms with van der Waals surface area (Å²) in [5.74, 6) is 0.295. The van der Waals surface area contributed by atoms with E-state index in [9.17, 15) is 10.0 Å². The van der Waals surface area contributed by atoms with Gasteiger partial charge in [0.05, 0.1) is 23.4 Å². The summed E-state index contributed by atoms with van der Waals surface area (Å²) in [6, 6.07) is 15.7. The first kappa shape index (κ1) is 22.5. The summed E-state index contributed by atoms with van der Waals surface area (Å²) in [6.07, 6.45) is 1.64. The van der Waals surface area contributed by atoms with Crippen molar-refractivity contribution in [3.63, 3.8) is 0 Å². The molecule has 1 aliphatic heterocycles. The zero-order valence-electron chi connectivity index (χ0n) is 17.9. The predicted octanol–water partition coefficient (Wildman–Crippen LogP) is 4.90. The molecule has 174 valence electrons. The summed E-state index contributed by atoms with van der Waals surface area (Å²) in [6.45, 7) is 3.24. The molecule has 1 saturated heterocycles. The average molecular weight is 541 g/mol. The lowest BCUT2D eigenvalue weighted by molar-refractivity contribution is 0.0712. The number of nitrogens with zero attached hydrogens (tertiary/aromatic N) is 3. The van der Waals surface area contributed by atoms with Crippen LogP contribution in [0.15, 0.2) is 59.2 Å². The number of hydrogen-bond acceptors (Lipinski definition) is 9. The number of carbonyl (C=O) groups is 1. The summed E-state index contributed by atoms with van der Waals surface area (Å²) in [5.41, 5.74) is 4.28. The van der Waals surface area contributed by atoms with Gasteiger partial charge in [0.2, 0.25) is 5.95 Å². The molecule has 1 fully saturated rings. The van der Waals surface area contributed by atoms with Gasteiger partial charge in [0.15, 0.2) is 0 Å². The Bertz CT molecular complexity index is 1320. The molecule has 2 aromatic heterocycles. The Morgan fingerprint density at radius 2 is 1.85 bits per heavy atom. The fraction of sp³-hybridized carbons (Fsp3) is 0.174. The minimum atomic E-state index is -0.590. The topological polar surface area (TPSA) is 112 Å². The van der Waals surface area contributed by atoms with Crippen molar-refractivity contribution in [3.05, 3.63) is 64.1 Å². The fourth-order valence-electron chi connectivity index (χ4n) is 3.72. The van der Waals surface area contributed by atoms with Crippen molar-refractivity contribution in [2.75, 3.05) is 41.8 Å². The molecule has 0 aliphatic carbocycles. The summed E-state index contributed by atoms with van der Waals surface area (Å²) in [7, 11) is 0. The molecule has 2 aromatic carbocycles. The summed E-state index contributed by atoms with van der Waals surface area (Å²) in [5, 5.41) is 16.5. The maximum absolute atomic E-state index is 12.3. The molecule has 4 aromatic rings. The Hall–Kier alpha value is -3.25. The largest absolute Gasteiger partial charge is 0.378 e. The van der Waals surface area contributed by atoms with Crippen molar-refractivity contribution in [2.45, 2.75) is 0 Å². The second-order valence-corrected chi connectivity index (χ2v) is 9.44. The van der Waals surface area contributed by atoms with Crippen LogP contribution in [0.25, 0.3) is 10.1 Å². The lowest BCUT2D eigenvalue weighted by Crippen LogP contribution is -2.36. The first-order valence-electron chi connectivity index (χ1n) is 10.6. The van der Waals surface area contributed by atoms with Crippen LogP contribution >= 0.6 is 27.3 Å². The lowest BCUT2D eigenvalue weighted by Gasteiger charge is -2.28. The summed E-state index contributed by atoms with van der Waals surface area (Å²) >= 11 is 4.76. The van der Waals surface area contributed by atoms with E-state index in [1.54, 1.807) is 11.7 Å². The van der Waals surface area contributed by atoms with E-state index in [2.05, 4.69) is 53.6 Å². The van der Waals surface area contributed by atoms with Crippen LogP contribution in [0.5, 0.6) is 0 Å². The smallest absolute Gasteiger partial charge is 0.286 e. The quantitative estimate of drug-likeness (QED) is 0.202. The molecule has 0 radical (unpaired) electrons. The van der Waals surface area contributed by atoms with E-state index in [4.69, 9.17) is 4.74 Å². The van der Waals surface area contributed by atoms with Gasteiger partial charge in [-0.2, -0.15) is 4.98 Å². The number of anilines is 5. The molecular formula is C23H21BrN6O3S. The van der Waals surface area contributed by atoms with Gasteiger partial charge in [-0.3, -0.25) is 10.0 Å². The van der Waals surface area contributed by atoms with E-state index in [0.717, 1.165) is 47.8 Å². The van der Waals surface area contributed by atoms with Crippen LogP contribution < -0.4 is 21.0 Å². The number of thiophene rings is 1. The van der Waals surface area contributed by atoms with E-state index < -0.39 is 5.91 Å². The number of hydrogen-bond donors (Lipinski definition) is 4. The number of benzene rings is 2. The summed E-state index contributed by atoms with van der Waals surface area (Å²) < 4.78 is 6.96. The van der Waals surface area contributed by atoms with Crippen molar-refractivity contribution in [3.8, 4) is 0 Å². The molecule has 4 N–H and O–H groups in total. The van der Waals surface area contributed by atoms with Gasteiger partial charge in [-0.15, -0.1) is 11.3 Å². The number of aromatic nitrogens is 2. The minimum Gasteiger partial charge on any atom is -0.378 e. The second-order valence-electron chi connectivity index (χ2n) is 7.53. The first-order chi connectivity index (χ1) is 16.6. The highest BCUT2D eigenvalue weighted by molar-refractivity contribution is 9.10. The number of hydroxylamine groups is 1. The number of amides is 1. The van der Waals surface area contributed by atoms with Crippen LogP contribution in [0, 0.1) is 0 Å². The van der Waals surface area contributed by atoms with E-state index >= 15 is 0 Å². The van der Waals surface area contributed by atoms with Crippen molar-refractivity contribution in [1.82, 2.24) is 15.4 Å². The van der Waals surface area contributed by atoms with Gasteiger partial charge in [-0.25, -0.2) is 10.5 Å². The highest BCUT2D eigenvalue weighted by Gasteiger charge is 2.20. The molecule has 1 amide bonds. The van der Waals surface area contributed by atoms with E-state index in [-0.39, 0.29) is 0 Å². The van der Waals surface area contributed by atoms with Crippen molar-refractivity contribution in [2.24, 2.45) is 0 Å². The lowest BCUT2D eigenvalue weighted by atomic mass is 10.2. The monoisotopic (exact) mass is 540 g/mol. The minimum absolute atomic E-state index is 0.349. The number of nitrogens with one attached hydrogen (secondary N) is 3.